The molecule has 1 fully saturated rings. The van der Waals surface area contributed by atoms with Crippen LogP contribution in [0, 0.1) is 0 Å². The molecule has 1 aromatic rings. The van der Waals surface area contributed by atoms with Gasteiger partial charge in [-0.1, -0.05) is 50.3 Å². The van der Waals surface area contributed by atoms with Gasteiger partial charge in [0.05, 0.1) is 6.04 Å². The Hall–Kier alpha value is -1.50. The maximum absolute atomic E-state index is 2.66. The zero-order valence-corrected chi connectivity index (χ0v) is 11.3. The van der Waals surface area contributed by atoms with Crippen LogP contribution in [0.2, 0.25) is 0 Å². The molecule has 1 aliphatic carbocycles. The number of benzene rings is 1. The zero-order valence-electron chi connectivity index (χ0n) is 11.3. The third-order valence-corrected chi connectivity index (χ3v) is 4.16. The molecule has 0 amide bonds. The van der Waals surface area contributed by atoms with E-state index in [2.05, 4.69) is 47.4 Å². The second kappa shape index (κ2) is 4.64. The van der Waals surface area contributed by atoms with Crippen molar-refractivity contribution in [3.05, 3.63) is 53.6 Å². The number of hydrogen-bond donors (Lipinski definition) is 0. The lowest BCUT2D eigenvalue weighted by Crippen LogP contribution is -2.33. The molecule has 0 saturated carbocycles. The molecule has 18 heavy (non-hydrogen) atoms. The first-order valence-electron chi connectivity index (χ1n) is 7.15. The highest BCUT2D eigenvalue weighted by Gasteiger charge is 2.41. The summed E-state index contributed by atoms with van der Waals surface area (Å²) in [5.74, 6) is 0. The Morgan fingerprint density at radius 2 is 1.94 bits per heavy atom. The highest BCUT2D eigenvalue weighted by Crippen LogP contribution is 2.44. The molecule has 0 spiro atoms. The summed E-state index contributed by atoms with van der Waals surface area (Å²) in [6, 6.07) is 10.3. The Balaban J connectivity index is 0.000000478. The summed E-state index contributed by atoms with van der Waals surface area (Å²) in [6.07, 6.45) is 10.6. The second-order valence-corrected chi connectivity index (χ2v) is 5.02. The Kier molecular flexibility index (Phi) is 2.99. The predicted octanol–water partition coefficient (Wildman–Crippen LogP) is 4.10. The smallest absolute Gasteiger partial charge is 0.0544 e. The summed E-state index contributed by atoms with van der Waals surface area (Å²) in [5, 5.41) is 0. The average molecular weight is 239 g/mol. The van der Waals surface area contributed by atoms with E-state index < -0.39 is 0 Å². The van der Waals surface area contributed by atoms with E-state index in [4.69, 9.17) is 0 Å². The van der Waals surface area contributed by atoms with Crippen molar-refractivity contribution in [1.29, 1.82) is 0 Å². The summed E-state index contributed by atoms with van der Waals surface area (Å²) < 4.78 is 0. The molecule has 3 aliphatic rings. The van der Waals surface area contributed by atoms with Crippen molar-refractivity contribution in [1.82, 2.24) is 0 Å². The van der Waals surface area contributed by atoms with Gasteiger partial charge in [-0.2, -0.15) is 0 Å². The van der Waals surface area contributed by atoms with Gasteiger partial charge in [-0.15, -0.1) is 0 Å². The fourth-order valence-electron chi connectivity index (χ4n) is 3.51. The number of para-hydroxylation sites is 1. The summed E-state index contributed by atoms with van der Waals surface area (Å²) in [7, 11) is 0. The molecule has 2 aliphatic heterocycles. The largest absolute Gasteiger partial charge is 0.361 e. The summed E-state index contributed by atoms with van der Waals surface area (Å²) in [4.78, 5) is 2.66. The molecule has 1 nitrogen and oxygen atoms in total. The van der Waals surface area contributed by atoms with Crippen LogP contribution in [0.4, 0.5) is 5.69 Å². The van der Waals surface area contributed by atoms with Gasteiger partial charge in [0.1, 0.15) is 0 Å². The minimum atomic E-state index is 0.652. The van der Waals surface area contributed by atoms with Crippen molar-refractivity contribution in [3.63, 3.8) is 0 Å². The first-order chi connectivity index (χ1) is 8.93. The normalized spacial score (nSPS) is 26.8. The molecule has 2 unspecified atom stereocenters. The fourth-order valence-corrected chi connectivity index (χ4v) is 3.51. The lowest BCUT2D eigenvalue weighted by molar-refractivity contribution is 0.668. The Bertz CT molecular complexity index is 498. The van der Waals surface area contributed by atoms with Gasteiger partial charge in [-0.3, -0.25) is 0 Å². The van der Waals surface area contributed by atoms with Crippen molar-refractivity contribution in [2.24, 2.45) is 0 Å². The van der Waals surface area contributed by atoms with Crippen LogP contribution >= 0.6 is 0 Å². The maximum atomic E-state index is 2.66. The summed E-state index contributed by atoms with van der Waals surface area (Å²) >= 11 is 0. The van der Waals surface area contributed by atoms with E-state index in [1.807, 2.05) is 13.8 Å². The van der Waals surface area contributed by atoms with Gasteiger partial charge in [0.25, 0.3) is 0 Å². The van der Waals surface area contributed by atoms with Gasteiger partial charge in [0, 0.05) is 11.7 Å². The molecule has 4 rings (SSSR count). The van der Waals surface area contributed by atoms with Crippen LogP contribution in [-0.4, -0.2) is 12.1 Å². The van der Waals surface area contributed by atoms with E-state index in [1.165, 1.54) is 24.9 Å². The second-order valence-electron chi connectivity index (χ2n) is 5.02. The van der Waals surface area contributed by atoms with Crippen LogP contribution < -0.4 is 4.90 Å². The molecular formula is C17H21N. The van der Waals surface area contributed by atoms with Gasteiger partial charge >= 0.3 is 0 Å². The third kappa shape index (κ3) is 1.61. The number of anilines is 1. The van der Waals surface area contributed by atoms with Crippen LogP contribution in [0.5, 0.6) is 0 Å². The van der Waals surface area contributed by atoms with E-state index >= 15 is 0 Å². The average Bonchev–Trinajstić information content (AvgIpc) is 2.96. The van der Waals surface area contributed by atoms with Crippen molar-refractivity contribution in [2.75, 3.05) is 4.90 Å². The van der Waals surface area contributed by atoms with Crippen molar-refractivity contribution in [2.45, 2.75) is 45.2 Å². The van der Waals surface area contributed by atoms with Crippen LogP contribution in [-0.2, 0) is 6.42 Å². The highest BCUT2D eigenvalue weighted by molar-refractivity contribution is 5.64. The standard InChI is InChI=1S/C15H15N.C2H6/c1-3-7-14-11(5-1)9-13-10-12-6-2-4-8-15(12)16(13)14;1-2/h1-7,13,15H,8-10H2;1-2H3. The minimum Gasteiger partial charge on any atom is -0.361 e. The van der Waals surface area contributed by atoms with E-state index in [0.717, 1.165) is 6.04 Å². The fraction of sp³-hybridized carbons (Fsp3) is 0.412. The Morgan fingerprint density at radius 3 is 2.83 bits per heavy atom. The third-order valence-electron chi connectivity index (χ3n) is 4.16. The lowest BCUT2D eigenvalue weighted by atomic mass is 9.96. The van der Waals surface area contributed by atoms with E-state index in [1.54, 1.807) is 11.1 Å². The Labute approximate surface area is 110 Å². The van der Waals surface area contributed by atoms with Crippen LogP contribution in [0.3, 0.4) is 0 Å². The van der Waals surface area contributed by atoms with E-state index in [0.29, 0.717) is 6.04 Å². The molecule has 2 heterocycles. The van der Waals surface area contributed by atoms with Gasteiger partial charge in [0.15, 0.2) is 0 Å². The van der Waals surface area contributed by atoms with Crippen molar-refractivity contribution >= 4 is 5.69 Å². The number of fused-ring (bicyclic) bond motifs is 5. The predicted molar refractivity (Wildman–Crippen MR) is 78.0 cm³/mol. The van der Waals surface area contributed by atoms with Crippen LogP contribution in [0.15, 0.2) is 48.1 Å². The van der Waals surface area contributed by atoms with Gasteiger partial charge in [-0.25, -0.2) is 0 Å². The summed E-state index contributed by atoms with van der Waals surface area (Å²) in [6.45, 7) is 4.00. The molecule has 1 saturated heterocycles. The molecule has 2 atom stereocenters. The molecule has 0 aromatic heterocycles. The zero-order chi connectivity index (χ0) is 12.5. The number of rotatable bonds is 0. The number of allylic oxidation sites excluding steroid dienone is 2. The number of hydrogen-bond acceptors (Lipinski definition) is 1. The first kappa shape index (κ1) is 11.6. The Morgan fingerprint density at radius 1 is 1.11 bits per heavy atom. The van der Waals surface area contributed by atoms with Crippen molar-refractivity contribution in [3.8, 4) is 0 Å². The SMILES string of the molecule is C1=CCC2C(=C1)CC1Cc3ccccc3N12.CC. The minimum absolute atomic E-state index is 0.652. The molecule has 1 aromatic carbocycles. The maximum Gasteiger partial charge on any atom is 0.0544 e. The molecule has 1 heteroatoms. The molecule has 0 N–H and O–H groups in total. The van der Waals surface area contributed by atoms with Crippen LogP contribution in [0.1, 0.15) is 32.3 Å². The molecular weight excluding hydrogens is 218 g/mol. The lowest BCUT2D eigenvalue weighted by Gasteiger charge is -2.28. The monoisotopic (exact) mass is 239 g/mol. The van der Waals surface area contributed by atoms with Gasteiger partial charge in [-0.05, 0) is 36.5 Å². The molecule has 0 bridgehead atoms. The molecule has 94 valence electrons. The van der Waals surface area contributed by atoms with Crippen molar-refractivity contribution < 1.29 is 0 Å². The first-order valence-corrected chi connectivity index (χ1v) is 7.15. The van der Waals surface area contributed by atoms with Gasteiger partial charge < -0.3 is 4.90 Å². The summed E-state index contributed by atoms with van der Waals surface area (Å²) in [5.41, 5.74) is 4.67. The highest BCUT2D eigenvalue weighted by atomic mass is 15.2. The molecule has 0 radical (unpaired) electrons. The quantitative estimate of drug-likeness (QED) is 0.658. The van der Waals surface area contributed by atoms with Gasteiger partial charge in [0.2, 0.25) is 0 Å². The number of nitrogens with zero attached hydrogens (tertiary/aromatic N) is 1. The van der Waals surface area contributed by atoms with E-state index in [9.17, 15) is 0 Å². The van der Waals surface area contributed by atoms with E-state index in [-0.39, 0.29) is 0 Å². The van der Waals surface area contributed by atoms with Crippen LogP contribution in [0.25, 0.3) is 0 Å². The topological polar surface area (TPSA) is 3.24 Å².